The van der Waals surface area contributed by atoms with Gasteiger partial charge in [-0.1, -0.05) is 70.9 Å². The van der Waals surface area contributed by atoms with Crippen LogP contribution >= 0.6 is 0 Å². The van der Waals surface area contributed by atoms with Gasteiger partial charge in [0.2, 0.25) is 17.7 Å². The first kappa shape index (κ1) is 30.8. The highest BCUT2D eigenvalue weighted by atomic mass is 16.6. The van der Waals surface area contributed by atoms with E-state index >= 15 is 0 Å². The zero-order chi connectivity index (χ0) is 28.7. The van der Waals surface area contributed by atoms with Crippen molar-refractivity contribution in [3.05, 3.63) is 35.9 Å². The minimum atomic E-state index is -1.17. The summed E-state index contributed by atoms with van der Waals surface area (Å²) in [5, 5.41) is 18.7. The highest BCUT2D eigenvalue weighted by Gasteiger charge is 2.50. The van der Waals surface area contributed by atoms with Crippen molar-refractivity contribution in [1.82, 2.24) is 16.0 Å². The topological polar surface area (TPSA) is 137 Å². The number of amides is 3. The SMILES string of the molecule is CC(C)CC(NC(=O)[C@@H](O)CC1CC1)C(=O)N[C@@H](Cc1ccccc1)C(=O)NC(CC(C)C)C(=O)[C@@]1(C)CO1. The highest BCUT2D eigenvalue weighted by Crippen LogP contribution is 2.33. The fourth-order valence-corrected chi connectivity index (χ4v) is 4.67. The summed E-state index contributed by atoms with van der Waals surface area (Å²) in [6.45, 7) is 9.86. The number of carbonyl (C=O) groups is 4. The van der Waals surface area contributed by atoms with Crippen LogP contribution in [0.3, 0.4) is 0 Å². The molecule has 3 amide bonds. The van der Waals surface area contributed by atoms with Crippen LogP contribution in [-0.2, 0) is 30.3 Å². The number of hydrogen-bond donors (Lipinski definition) is 4. The molecule has 1 aliphatic heterocycles. The Balaban J connectivity index is 1.76. The number of benzene rings is 1. The Kier molecular flexibility index (Phi) is 10.7. The lowest BCUT2D eigenvalue weighted by molar-refractivity contribution is -0.136. The van der Waals surface area contributed by atoms with Crippen molar-refractivity contribution in [2.75, 3.05) is 6.61 Å². The van der Waals surface area contributed by atoms with Gasteiger partial charge in [0.25, 0.3) is 0 Å². The third-order valence-electron chi connectivity index (χ3n) is 7.25. The van der Waals surface area contributed by atoms with Gasteiger partial charge in [0.1, 0.15) is 23.8 Å². The van der Waals surface area contributed by atoms with Gasteiger partial charge in [-0.2, -0.15) is 0 Å². The second kappa shape index (κ2) is 13.5. The van der Waals surface area contributed by atoms with Crippen molar-refractivity contribution < 1.29 is 29.0 Å². The maximum Gasteiger partial charge on any atom is 0.249 e. The van der Waals surface area contributed by atoms with Gasteiger partial charge in [0.05, 0.1) is 12.6 Å². The van der Waals surface area contributed by atoms with E-state index in [1.165, 1.54) is 0 Å². The van der Waals surface area contributed by atoms with E-state index in [0.29, 0.717) is 31.8 Å². The molecular formula is C30H45N3O6. The number of ether oxygens (including phenoxy) is 1. The molecule has 9 nitrogen and oxygen atoms in total. The van der Waals surface area contributed by atoms with Crippen molar-refractivity contribution in [3.63, 3.8) is 0 Å². The number of aliphatic hydroxyl groups is 1. The van der Waals surface area contributed by atoms with Gasteiger partial charge >= 0.3 is 0 Å². The molecule has 4 N–H and O–H groups in total. The van der Waals surface area contributed by atoms with E-state index in [1.807, 2.05) is 58.0 Å². The average molecular weight is 544 g/mol. The van der Waals surface area contributed by atoms with Crippen LogP contribution in [0.4, 0.5) is 0 Å². The number of ketones is 1. The van der Waals surface area contributed by atoms with Gasteiger partial charge in [-0.3, -0.25) is 19.2 Å². The van der Waals surface area contributed by atoms with Crippen LogP contribution in [0.25, 0.3) is 0 Å². The van der Waals surface area contributed by atoms with Crippen LogP contribution in [0.2, 0.25) is 0 Å². The molecule has 0 aromatic heterocycles. The van der Waals surface area contributed by atoms with Gasteiger partial charge in [0, 0.05) is 6.42 Å². The van der Waals surface area contributed by atoms with Gasteiger partial charge in [0.15, 0.2) is 5.78 Å². The lowest BCUT2D eigenvalue weighted by Crippen LogP contribution is -2.58. The molecule has 1 saturated heterocycles. The molecule has 2 unspecified atom stereocenters. The Hall–Kier alpha value is -2.78. The molecule has 9 heteroatoms. The Labute approximate surface area is 231 Å². The summed E-state index contributed by atoms with van der Waals surface area (Å²) in [6.07, 6.45) is 2.22. The first-order chi connectivity index (χ1) is 18.4. The quantitative estimate of drug-likeness (QED) is 0.236. The van der Waals surface area contributed by atoms with Crippen LogP contribution in [0.1, 0.15) is 72.3 Å². The lowest BCUT2D eigenvalue weighted by Gasteiger charge is -2.27. The molecule has 0 bridgehead atoms. The molecule has 2 aliphatic rings. The minimum Gasteiger partial charge on any atom is -0.383 e. The number of Topliss-reactive ketones (excluding diaryl/α,β-unsaturated/α-hetero) is 1. The molecule has 1 heterocycles. The van der Waals surface area contributed by atoms with Crippen LogP contribution in [0.5, 0.6) is 0 Å². The van der Waals surface area contributed by atoms with E-state index < -0.39 is 47.6 Å². The molecule has 1 saturated carbocycles. The molecule has 5 atom stereocenters. The molecule has 216 valence electrons. The second-order valence-electron chi connectivity index (χ2n) is 12.2. The summed E-state index contributed by atoms with van der Waals surface area (Å²) < 4.78 is 5.34. The van der Waals surface area contributed by atoms with Crippen molar-refractivity contribution in [3.8, 4) is 0 Å². The molecule has 2 fully saturated rings. The summed E-state index contributed by atoms with van der Waals surface area (Å²) in [5.74, 6) is -1.15. The summed E-state index contributed by atoms with van der Waals surface area (Å²) >= 11 is 0. The Morgan fingerprint density at radius 1 is 0.872 bits per heavy atom. The van der Waals surface area contributed by atoms with Crippen LogP contribution in [0, 0.1) is 17.8 Å². The molecule has 1 aromatic carbocycles. The van der Waals surface area contributed by atoms with Gasteiger partial charge in [-0.15, -0.1) is 0 Å². The summed E-state index contributed by atoms with van der Waals surface area (Å²) in [5.41, 5.74) is -0.0506. The van der Waals surface area contributed by atoms with Crippen molar-refractivity contribution in [1.29, 1.82) is 0 Å². The zero-order valence-corrected chi connectivity index (χ0v) is 23.9. The first-order valence-electron chi connectivity index (χ1n) is 14.2. The largest absolute Gasteiger partial charge is 0.383 e. The van der Waals surface area contributed by atoms with Gasteiger partial charge < -0.3 is 25.8 Å². The number of aliphatic hydroxyl groups excluding tert-OH is 1. The predicted octanol–water partition coefficient (Wildman–Crippen LogP) is 2.29. The number of epoxide rings is 1. The normalized spacial score (nSPS) is 21.5. The third-order valence-corrected chi connectivity index (χ3v) is 7.25. The van der Waals surface area contributed by atoms with E-state index in [-0.39, 0.29) is 24.0 Å². The van der Waals surface area contributed by atoms with Crippen LogP contribution < -0.4 is 16.0 Å². The summed E-state index contributed by atoms with van der Waals surface area (Å²) in [4.78, 5) is 52.8. The van der Waals surface area contributed by atoms with Gasteiger partial charge in [-0.25, -0.2) is 0 Å². The van der Waals surface area contributed by atoms with Crippen LogP contribution in [0.15, 0.2) is 30.3 Å². The fraction of sp³-hybridized carbons (Fsp3) is 0.667. The van der Waals surface area contributed by atoms with E-state index in [2.05, 4.69) is 16.0 Å². The summed E-state index contributed by atoms with van der Waals surface area (Å²) in [7, 11) is 0. The van der Waals surface area contributed by atoms with Crippen molar-refractivity contribution >= 4 is 23.5 Å². The minimum absolute atomic E-state index is 0.0790. The molecule has 39 heavy (non-hydrogen) atoms. The number of nitrogens with one attached hydrogen (secondary N) is 3. The molecule has 1 aliphatic carbocycles. The molecule has 1 aromatic rings. The van der Waals surface area contributed by atoms with E-state index in [0.717, 1.165) is 18.4 Å². The zero-order valence-electron chi connectivity index (χ0n) is 23.9. The molecular weight excluding hydrogens is 498 g/mol. The van der Waals surface area contributed by atoms with Gasteiger partial charge in [-0.05, 0) is 49.5 Å². The number of rotatable bonds is 16. The third kappa shape index (κ3) is 9.72. The highest BCUT2D eigenvalue weighted by molar-refractivity contribution is 5.98. The molecule has 0 spiro atoms. The fourth-order valence-electron chi connectivity index (χ4n) is 4.67. The smallest absolute Gasteiger partial charge is 0.249 e. The van der Waals surface area contributed by atoms with Crippen molar-refractivity contribution in [2.24, 2.45) is 17.8 Å². The molecule has 0 radical (unpaired) electrons. The Morgan fingerprint density at radius 3 is 1.92 bits per heavy atom. The Morgan fingerprint density at radius 2 is 1.38 bits per heavy atom. The maximum atomic E-state index is 13.6. The van der Waals surface area contributed by atoms with Crippen molar-refractivity contribution in [2.45, 2.75) is 103 Å². The average Bonchev–Trinajstić information content (AvgIpc) is 3.81. The second-order valence-corrected chi connectivity index (χ2v) is 12.2. The van der Waals surface area contributed by atoms with E-state index in [4.69, 9.17) is 4.74 Å². The number of carbonyl (C=O) groups excluding carboxylic acids is 4. The predicted molar refractivity (Wildman–Crippen MR) is 148 cm³/mol. The summed E-state index contributed by atoms with van der Waals surface area (Å²) in [6, 6.07) is 6.67. The van der Waals surface area contributed by atoms with E-state index in [1.54, 1.807) is 6.92 Å². The number of hydrogen-bond acceptors (Lipinski definition) is 6. The standard InChI is InChI=1S/C30H45N3O6/c1-18(2)13-22(26(35)30(5)17-39-30)31-28(37)24(15-20-9-7-6-8-10-20)32-27(36)23(14-19(3)4)33-29(38)25(34)16-21-11-12-21/h6-10,18-19,21-25,34H,11-17H2,1-5H3,(H,31,37)(H,32,36)(H,33,38)/t22?,23?,24-,25-,30+/m0/s1. The van der Waals surface area contributed by atoms with E-state index in [9.17, 15) is 24.3 Å². The lowest BCUT2D eigenvalue weighted by atomic mass is 9.93. The first-order valence-corrected chi connectivity index (χ1v) is 14.2. The Bertz CT molecular complexity index is 1000. The molecule has 3 rings (SSSR count). The monoisotopic (exact) mass is 543 g/mol. The maximum absolute atomic E-state index is 13.6. The van der Waals surface area contributed by atoms with Crippen LogP contribution in [-0.4, -0.2) is 65.0 Å².